The highest BCUT2D eigenvalue weighted by Gasteiger charge is 2.25. The second kappa shape index (κ2) is 6.72. The maximum Gasteiger partial charge on any atom is 0.365 e. The van der Waals surface area contributed by atoms with Gasteiger partial charge < -0.3 is 9.57 Å². The van der Waals surface area contributed by atoms with Crippen LogP contribution >= 0.6 is 27.5 Å². The van der Waals surface area contributed by atoms with Crippen molar-refractivity contribution in [1.29, 1.82) is 0 Å². The summed E-state index contributed by atoms with van der Waals surface area (Å²) in [6.45, 7) is 0. The van der Waals surface area contributed by atoms with E-state index in [1.807, 2.05) is 12.1 Å². The zero-order chi connectivity index (χ0) is 16.4. The van der Waals surface area contributed by atoms with E-state index in [2.05, 4.69) is 21.1 Å². The third-order valence-electron chi connectivity index (χ3n) is 3.64. The van der Waals surface area contributed by atoms with E-state index >= 15 is 0 Å². The summed E-state index contributed by atoms with van der Waals surface area (Å²) in [5.74, 6) is 0.181. The highest BCUT2D eigenvalue weighted by atomic mass is 79.9. The first-order valence-electron chi connectivity index (χ1n) is 6.99. The van der Waals surface area contributed by atoms with Gasteiger partial charge in [-0.05, 0) is 48.7 Å². The summed E-state index contributed by atoms with van der Waals surface area (Å²) < 4.78 is 6.39. The molecule has 6 heteroatoms. The Morgan fingerprint density at radius 3 is 2.83 bits per heavy atom. The highest BCUT2D eigenvalue weighted by molar-refractivity contribution is 9.10. The van der Waals surface area contributed by atoms with Crippen molar-refractivity contribution in [3.05, 3.63) is 62.6 Å². The molecule has 0 radical (unpaired) electrons. The number of benzene rings is 2. The van der Waals surface area contributed by atoms with Crippen molar-refractivity contribution < 1.29 is 14.4 Å². The number of carbonyl (C=O) groups is 1. The van der Waals surface area contributed by atoms with E-state index in [0.717, 1.165) is 27.8 Å². The lowest BCUT2D eigenvalue weighted by Crippen LogP contribution is -2.05. The molecule has 2 aromatic carbocycles. The van der Waals surface area contributed by atoms with E-state index in [0.29, 0.717) is 22.7 Å². The predicted octanol–water partition coefficient (Wildman–Crippen LogP) is 4.62. The fourth-order valence-electron chi connectivity index (χ4n) is 2.56. The summed E-state index contributed by atoms with van der Waals surface area (Å²) in [5, 5.41) is 4.52. The fourth-order valence-corrected chi connectivity index (χ4v) is 3.28. The largest absolute Gasteiger partial charge is 0.496 e. The van der Waals surface area contributed by atoms with Gasteiger partial charge in [0.2, 0.25) is 0 Å². The molecule has 2 aromatic rings. The minimum absolute atomic E-state index is 0.362. The SMILES string of the molecule is COc1ccc(Br)c2c1/C(=N/OC(=O)c1cccc(Cl)c1)CC2. The quantitative estimate of drug-likeness (QED) is 0.564. The van der Waals surface area contributed by atoms with Crippen LogP contribution in [0.15, 0.2) is 46.0 Å². The molecule has 118 valence electrons. The Bertz CT molecular complexity index is 804. The van der Waals surface area contributed by atoms with E-state index < -0.39 is 5.97 Å². The zero-order valence-corrected chi connectivity index (χ0v) is 14.6. The first kappa shape index (κ1) is 16.0. The Morgan fingerprint density at radius 1 is 1.26 bits per heavy atom. The molecule has 0 heterocycles. The van der Waals surface area contributed by atoms with Gasteiger partial charge in [-0.25, -0.2) is 4.79 Å². The van der Waals surface area contributed by atoms with E-state index in [4.69, 9.17) is 21.2 Å². The molecule has 1 aliphatic rings. The Morgan fingerprint density at radius 2 is 2.09 bits per heavy atom. The average molecular weight is 395 g/mol. The molecule has 0 bridgehead atoms. The fraction of sp³-hybridized carbons (Fsp3) is 0.176. The van der Waals surface area contributed by atoms with E-state index in [-0.39, 0.29) is 0 Å². The van der Waals surface area contributed by atoms with Gasteiger partial charge in [0.15, 0.2) is 0 Å². The molecule has 0 spiro atoms. The van der Waals surface area contributed by atoms with Gasteiger partial charge in [-0.15, -0.1) is 0 Å². The van der Waals surface area contributed by atoms with E-state index in [9.17, 15) is 4.79 Å². The Kier molecular flexibility index (Phi) is 4.68. The third kappa shape index (κ3) is 3.26. The number of carbonyl (C=O) groups excluding carboxylic acids is 1. The van der Waals surface area contributed by atoms with Crippen LogP contribution in [0.3, 0.4) is 0 Å². The molecule has 4 nitrogen and oxygen atoms in total. The number of rotatable bonds is 3. The molecule has 23 heavy (non-hydrogen) atoms. The van der Waals surface area contributed by atoms with Crippen molar-refractivity contribution >= 4 is 39.2 Å². The van der Waals surface area contributed by atoms with Crippen molar-refractivity contribution in [2.45, 2.75) is 12.8 Å². The third-order valence-corrected chi connectivity index (χ3v) is 4.61. The maximum absolute atomic E-state index is 12.1. The molecule has 0 unspecified atom stereocenters. The van der Waals surface area contributed by atoms with E-state index in [1.165, 1.54) is 0 Å². The van der Waals surface area contributed by atoms with Gasteiger partial charge in [0.25, 0.3) is 0 Å². The van der Waals surface area contributed by atoms with Gasteiger partial charge in [-0.1, -0.05) is 38.8 Å². The molecule has 0 saturated heterocycles. The molecule has 1 aliphatic carbocycles. The molecule has 0 amide bonds. The van der Waals surface area contributed by atoms with Crippen molar-refractivity contribution in [2.24, 2.45) is 5.16 Å². The van der Waals surface area contributed by atoms with Crippen molar-refractivity contribution in [2.75, 3.05) is 7.11 Å². The number of fused-ring (bicyclic) bond motifs is 1. The first-order valence-corrected chi connectivity index (χ1v) is 8.16. The van der Waals surface area contributed by atoms with E-state index in [1.54, 1.807) is 31.4 Å². The number of methoxy groups -OCH3 is 1. The summed E-state index contributed by atoms with van der Waals surface area (Å²) in [5.41, 5.74) is 3.07. The molecule has 0 saturated carbocycles. The van der Waals surface area contributed by atoms with Gasteiger partial charge in [0.1, 0.15) is 5.75 Å². The lowest BCUT2D eigenvalue weighted by molar-refractivity contribution is 0.0516. The van der Waals surface area contributed by atoms with Crippen LogP contribution in [0.5, 0.6) is 5.75 Å². The molecule has 0 aromatic heterocycles. The standard InChI is InChI=1S/C17H13BrClNO3/c1-22-15-8-6-13(18)12-5-7-14(16(12)15)20-23-17(21)10-3-2-4-11(19)9-10/h2-4,6,8-9H,5,7H2,1H3/b20-14+. The predicted molar refractivity (Wildman–Crippen MR) is 92.4 cm³/mol. The molecule has 0 fully saturated rings. The van der Waals surface area contributed by atoms with Gasteiger partial charge in [0, 0.05) is 15.1 Å². The van der Waals surface area contributed by atoms with Gasteiger partial charge in [-0.3, -0.25) is 0 Å². The lowest BCUT2D eigenvalue weighted by atomic mass is 10.1. The van der Waals surface area contributed by atoms with Crippen LogP contribution in [-0.2, 0) is 11.3 Å². The van der Waals surface area contributed by atoms with Crippen molar-refractivity contribution in [3.63, 3.8) is 0 Å². The number of oxime groups is 1. The highest BCUT2D eigenvalue weighted by Crippen LogP contribution is 2.36. The number of nitrogens with zero attached hydrogens (tertiary/aromatic N) is 1. The van der Waals surface area contributed by atoms with Crippen LogP contribution in [0.2, 0.25) is 5.02 Å². The van der Waals surface area contributed by atoms with Crippen LogP contribution in [0.25, 0.3) is 0 Å². The van der Waals surface area contributed by atoms with Gasteiger partial charge in [0.05, 0.1) is 18.4 Å². The number of ether oxygens (including phenoxy) is 1. The van der Waals surface area contributed by atoms with Gasteiger partial charge in [-0.2, -0.15) is 0 Å². The monoisotopic (exact) mass is 393 g/mol. The smallest absolute Gasteiger partial charge is 0.365 e. The van der Waals surface area contributed by atoms with Crippen LogP contribution in [0, 0.1) is 0 Å². The minimum atomic E-state index is -0.539. The normalized spacial score (nSPS) is 14.7. The number of hydrogen-bond acceptors (Lipinski definition) is 4. The average Bonchev–Trinajstić information content (AvgIpc) is 2.98. The Labute approximate surface area is 147 Å². The summed E-state index contributed by atoms with van der Waals surface area (Å²) in [6, 6.07) is 10.4. The lowest BCUT2D eigenvalue weighted by Gasteiger charge is -2.09. The summed E-state index contributed by atoms with van der Waals surface area (Å²) in [6.07, 6.45) is 1.51. The molecular formula is C17H13BrClNO3. The van der Waals surface area contributed by atoms with Crippen molar-refractivity contribution in [3.8, 4) is 5.75 Å². The number of halogens is 2. The van der Waals surface area contributed by atoms with Crippen molar-refractivity contribution in [1.82, 2.24) is 0 Å². The molecular weight excluding hydrogens is 382 g/mol. The zero-order valence-electron chi connectivity index (χ0n) is 12.3. The maximum atomic E-state index is 12.1. The first-order chi connectivity index (χ1) is 11.1. The summed E-state index contributed by atoms with van der Waals surface area (Å²) in [4.78, 5) is 17.1. The van der Waals surface area contributed by atoms with Crippen LogP contribution in [0.1, 0.15) is 27.9 Å². The second-order valence-electron chi connectivity index (χ2n) is 5.03. The second-order valence-corrected chi connectivity index (χ2v) is 6.32. The molecule has 0 atom stereocenters. The summed E-state index contributed by atoms with van der Waals surface area (Å²) in [7, 11) is 1.61. The molecule has 0 N–H and O–H groups in total. The summed E-state index contributed by atoms with van der Waals surface area (Å²) >= 11 is 9.40. The van der Waals surface area contributed by atoms with Gasteiger partial charge >= 0.3 is 5.97 Å². The molecule has 3 rings (SSSR count). The number of hydrogen-bond donors (Lipinski definition) is 0. The Balaban J connectivity index is 1.87. The molecule has 0 aliphatic heterocycles. The minimum Gasteiger partial charge on any atom is -0.496 e. The van der Waals surface area contributed by atoms with Crippen LogP contribution < -0.4 is 4.74 Å². The van der Waals surface area contributed by atoms with Crippen LogP contribution in [-0.4, -0.2) is 18.8 Å². The Hall–Kier alpha value is -1.85. The van der Waals surface area contributed by atoms with Crippen LogP contribution in [0.4, 0.5) is 0 Å². The topological polar surface area (TPSA) is 47.9 Å².